The van der Waals surface area contributed by atoms with Gasteiger partial charge < -0.3 is 10.0 Å². The number of rotatable bonds is 4. The lowest BCUT2D eigenvalue weighted by molar-refractivity contribution is -0.384. The van der Waals surface area contributed by atoms with Gasteiger partial charge in [-0.2, -0.15) is 0 Å². The van der Waals surface area contributed by atoms with Gasteiger partial charge in [-0.3, -0.25) is 10.1 Å². The zero-order valence-corrected chi connectivity index (χ0v) is 11.5. The zero-order valence-electron chi connectivity index (χ0n) is 11.5. The molecule has 1 heterocycles. The smallest absolute Gasteiger partial charge is 0.337 e. The molecule has 0 unspecified atom stereocenters. The molecule has 0 amide bonds. The number of nitro groups is 1. The van der Waals surface area contributed by atoms with Gasteiger partial charge in [-0.15, -0.1) is 0 Å². The van der Waals surface area contributed by atoms with Crippen LogP contribution in [0.3, 0.4) is 0 Å². The summed E-state index contributed by atoms with van der Waals surface area (Å²) in [7, 11) is 1.64. The number of benzene rings is 1. The molecular formula is C14H13N3O4. The molecule has 0 aliphatic heterocycles. The molecule has 0 saturated carbocycles. The maximum absolute atomic E-state index is 11.1. The average molecular weight is 287 g/mol. The minimum atomic E-state index is -1.25. The number of aryl methyl sites for hydroxylation is 1. The number of carboxylic acid groups (broad SMARTS) is 1. The Morgan fingerprint density at radius 3 is 2.48 bits per heavy atom. The predicted molar refractivity (Wildman–Crippen MR) is 77.1 cm³/mol. The topological polar surface area (TPSA) is 96.6 Å². The average Bonchev–Trinajstić information content (AvgIpc) is 2.46. The third kappa shape index (κ3) is 2.97. The van der Waals surface area contributed by atoms with Crippen LogP contribution in [0.25, 0.3) is 0 Å². The van der Waals surface area contributed by atoms with Crippen LogP contribution in [0.2, 0.25) is 0 Å². The maximum atomic E-state index is 11.1. The third-order valence-electron chi connectivity index (χ3n) is 3.03. The number of carbonyl (C=O) groups is 1. The lowest BCUT2D eigenvalue weighted by atomic mass is 10.2. The SMILES string of the molecule is Cc1ccc(N(C)c2ncc(C(=O)O)cc2[N+](=O)[O-])cc1. The van der Waals surface area contributed by atoms with Crippen molar-refractivity contribution in [1.29, 1.82) is 0 Å². The summed E-state index contributed by atoms with van der Waals surface area (Å²) in [5, 5.41) is 20.0. The number of hydrogen-bond donors (Lipinski definition) is 1. The molecule has 21 heavy (non-hydrogen) atoms. The Labute approximate surface area is 120 Å². The Morgan fingerprint density at radius 2 is 1.95 bits per heavy atom. The van der Waals surface area contributed by atoms with E-state index in [2.05, 4.69) is 4.98 Å². The molecule has 0 spiro atoms. The number of nitrogens with zero attached hydrogens (tertiary/aromatic N) is 3. The van der Waals surface area contributed by atoms with Crippen molar-refractivity contribution in [3.63, 3.8) is 0 Å². The van der Waals surface area contributed by atoms with E-state index in [0.29, 0.717) is 0 Å². The summed E-state index contributed by atoms with van der Waals surface area (Å²) in [5.41, 5.74) is 1.22. The second-order valence-corrected chi connectivity index (χ2v) is 4.52. The molecule has 1 aromatic carbocycles. The van der Waals surface area contributed by atoms with Gasteiger partial charge in [-0.1, -0.05) is 17.7 Å². The summed E-state index contributed by atoms with van der Waals surface area (Å²) in [6.45, 7) is 1.94. The highest BCUT2D eigenvalue weighted by Gasteiger charge is 2.22. The van der Waals surface area contributed by atoms with Crippen molar-refractivity contribution in [2.45, 2.75) is 6.92 Å². The lowest BCUT2D eigenvalue weighted by Gasteiger charge is -2.18. The summed E-state index contributed by atoms with van der Waals surface area (Å²) in [6, 6.07) is 8.39. The van der Waals surface area contributed by atoms with Crippen LogP contribution >= 0.6 is 0 Å². The van der Waals surface area contributed by atoms with Crippen LogP contribution in [-0.2, 0) is 0 Å². The maximum Gasteiger partial charge on any atom is 0.337 e. The molecule has 0 bridgehead atoms. The summed E-state index contributed by atoms with van der Waals surface area (Å²) in [4.78, 5) is 26.8. The Bertz CT molecular complexity index is 698. The van der Waals surface area contributed by atoms with Gasteiger partial charge in [0.15, 0.2) is 0 Å². The number of aromatic nitrogens is 1. The van der Waals surface area contributed by atoms with E-state index < -0.39 is 10.9 Å². The largest absolute Gasteiger partial charge is 0.478 e. The van der Waals surface area contributed by atoms with Crippen molar-refractivity contribution >= 4 is 23.2 Å². The monoisotopic (exact) mass is 287 g/mol. The van der Waals surface area contributed by atoms with Crippen LogP contribution in [0.1, 0.15) is 15.9 Å². The standard InChI is InChI=1S/C14H13N3O4/c1-9-3-5-11(6-4-9)16(2)13-12(17(20)21)7-10(8-15-13)14(18)19/h3-8H,1-2H3,(H,18,19). The van der Waals surface area contributed by atoms with Gasteiger partial charge in [0.25, 0.3) is 0 Å². The lowest BCUT2D eigenvalue weighted by Crippen LogP contribution is -2.14. The van der Waals surface area contributed by atoms with Crippen molar-refractivity contribution in [1.82, 2.24) is 4.98 Å². The second-order valence-electron chi connectivity index (χ2n) is 4.52. The van der Waals surface area contributed by atoms with Gasteiger partial charge in [0.1, 0.15) is 0 Å². The van der Waals surface area contributed by atoms with E-state index in [9.17, 15) is 14.9 Å². The molecule has 0 radical (unpaired) electrons. The van der Waals surface area contributed by atoms with E-state index in [4.69, 9.17) is 5.11 Å². The fourth-order valence-corrected chi connectivity index (χ4v) is 1.85. The van der Waals surface area contributed by atoms with E-state index in [1.54, 1.807) is 11.9 Å². The number of pyridine rings is 1. The summed E-state index contributed by atoms with van der Waals surface area (Å²) >= 11 is 0. The van der Waals surface area contributed by atoms with Gasteiger partial charge in [-0.25, -0.2) is 9.78 Å². The van der Waals surface area contributed by atoms with Crippen molar-refractivity contribution in [3.05, 3.63) is 57.8 Å². The van der Waals surface area contributed by atoms with E-state index >= 15 is 0 Å². The van der Waals surface area contributed by atoms with E-state index in [1.165, 1.54) is 0 Å². The first-order valence-electron chi connectivity index (χ1n) is 6.08. The molecule has 0 fully saturated rings. The molecule has 7 nitrogen and oxygen atoms in total. The number of hydrogen-bond acceptors (Lipinski definition) is 5. The highest BCUT2D eigenvalue weighted by atomic mass is 16.6. The van der Waals surface area contributed by atoms with Crippen molar-refractivity contribution < 1.29 is 14.8 Å². The number of carboxylic acids is 1. The quantitative estimate of drug-likeness (QED) is 0.686. The first kappa shape index (κ1) is 14.4. The predicted octanol–water partition coefficient (Wildman–Crippen LogP) is 2.76. The van der Waals surface area contributed by atoms with Crippen LogP contribution in [0.15, 0.2) is 36.5 Å². The fraction of sp³-hybridized carbons (Fsp3) is 0.143. The highest BCUT2D eigenvalue weighted by molar-refractivity contribution is 5.89. The van der Waals surface area contributed by atoms with Crippen molar-refractivity contribution in [3.8, 4) is 0 Å². The second kappa shape index (κ2) is 5.58. The molecule has 0 aliphatic rings. The van der Waals surface area contributed by atoms with Crippen LogP contribution in [-0.4, -0.2) is 28.0 Å². The Balaban J connectivity index is 2.49. The fourth-order valence-electron chi connectivity index (χ4n) is 1.85. The minimum absolute atomic E-state index is 0.0915. The van der Waals surface area contributed by atoms with E-state index in [1.807, 2.05) is 31.2 Å². The van der Waals surface area contributed by atoms with E-state index in [-0.39, 0.29) is 17.1 Å². The molecule has 0 atom stereocenters. The van der Waals surface area contributed by atoms with Gasteiger partial charge in [0, 0.05) is 25.0 Å². The molecule has 1 aromatic heterocycles. The van der Waals surface area contributed by atoms with Gasteiger partial charge >= 0.3 is 11.7 Å². The first-order valence-corrected chi connectivity index (χ1v) is 6.08. The van der Waals surface area contributed by atoms with Gasteiger partial charge in [-0.05, 0) is 19.1 Å². The Hall–Kier alpha value is -2.96. The highest BCUT2D eigenvalue weighted by Crippen LogP contribution is 2.30. The third-order valence-corrected chi connectivity index (χ3v) is 3.03. The number of aromatic carboxylic acids is 1. The summed E-state index contributed by atoms with van der Waals surface area (Å²) in [5.74, 6) is -1.16. The van der Waals surface area contributed by atoms with Crippen molar-refractivity contribution in [2.24, 2.45) is 0 Å². The molecule has 2 rings (SSSR count). The van der Waals surface area contributed by atoms with Crippen LogP contribution in [0, 0.1) is 17.0 Å². The molecule has 7 heteroatoms. The normalized spacial score (nSPS) is 10.2. The molecular weight excluding hydrogens is 274 g/mol. The molecule has 1 N–H and O–H groups in total. The van der Waals surface area contributed by atoms with Crippen molar-refractivity contribution in [2.75, 3.05) is 11.9 Å². The number of anilines is 2. The van der Waals surface area contributed by atoms with Crippen LogP contribution < -0.4 is 4.90 Å². The molecule has 0 saturated heterocycles. The zero-order chi connectivity index (χ0) is 15.6. The molecule has 108 valence electrons. The Kier molecular flexibility index (Phi) is 3.84. The van der Waals surface area contributed by atoms with Gasteiger partial charge in [0.05, 0.1) is 10.5 Å². The molecule has 2 aromatic rings. The summed E-state index contributed by atoms with van der Waals surface area (Å²) in [6.07, 6.45) is 1.11. The first-order chi connectivity index (χ1) is 9.90. The van der Waals surface area contributed by atoms with Crippen LogP contribution in [0.4, 0.5) is 17.2 Å². The summed E-state index contributed by atoms with van der Waals surface area (Å²) < 4.78 is 0. The molecule has 0 aliphatic carbocycles. The Morgan fingerprint density at radius 1 is 1.33 bits per heavy atom. The van der Waals surface area contributed by atoms with Crippen LogP contribution in [0.5, 0.6) is 0 Å². The minimum Gasteiger partial charge on any atom is -0.478 e. The van der Waals surface area contributed by atoms with E-state index in [0.717, 1.165) is 23.5 Å². The van der Waals surface area contributed by atoms with Gasteiger partial charge in [0.2, 0.25) is 5.82 Å².